The fraction of sp³-hybridized carbons (Fsp3) is 0.150. The van der Waals surface area contributed by atoms with Gasteiger partial charge in [0.15, 0.2) is 0 Å². The van der Waals surface area contributed by atoms with E-state index in [2.05, 4.69) is 17.1 Å². The van der Waals surface area contributed by atoms with Crippen LogP contribution in [0.5, 0.6) is 11.5 Å². The van der Waals surface area contributed by atoms with Gasteiger partial charge in [-0.1, -0.05) is 30.3 Å². The van der Waals surface area contributed by atoms with Gasteiger partial charge >= 0.3 is 0 Å². The maximum atomic E-state index is 6.00. The van der Waals surface area contributed by atoms with Gasteiger partial charge in [-0.25, -0.2) is 4.98 Å². The van der Waals surface area contributed by atoms with Crippen LogP contribution in [0.4, 0.5) is 0 Å². The summed E-state index contributed by atoms with van der Waals surface area (Å²) in [5.74, 6) is 1.61. The molecule has 0 N–H and O–H groups in total. The molecule has 3 heteroatoms. The van der Waals surface area contributed by atoms with E-state index in [0.717, 1.165) is 34.0 Å². The van der Waals surface area contributed by atoms with Crippen LogP contribution in [0.1, 0.15) is 11.3 Å². The normalized spacial score (nSPS) is 10.3. The van der Waals surface area contributed by atoms with E-state index in [4.69, 9.17) is 9.47 Å². The van der Waals surface area contributed by atoms with Crippen molar-refractivity contribution in [2.24, 2.45) is 0 Å². The van der Waals surface area contributed by atoms with Gasteiger partial charge in [-0.3, -0.25) is 0 Å². The molecule has 0 atom stereocenters. The minimum atomic E-state index is 0.523. The number of hydrogen-bond donors (Lipinski definition) is 0. The molecule has 0 aliphatic rings. The van der Waals surface area contributed by atoms with Crippen molar-refractivity contribution in [3.05, 3.63) is 78.0 Å². The Morgan fingerprint density at radius 1 is 0.870 bits per heavy atom. The molecular formula is C20H19NO2. The molecule has 0 saturated heterocycles. The molecule has 2 aromatic carbocycles. The third kappa shape index (κ3) is 3.69. The Morgan fingerprint density at radius 3 is 2.30 bits per heavy atom. The Labute approximate surface area is 136 Å². The van der Waals surface area contributed by atoms with Gasteiger partial charge in [0.05, 0.1) is 7.11 Å². The van der Waals surface area contributed by atoms with Crippen molar-refractivity contribution >= 4 is 0 Å². The molecule has 3 rings (SSSR count). The number of benzene rings is 2. The van der Waals surface area contributed by atoms with Gasteiger partial charge in [0.1, 0.15) is 23.8 Å². The first-order chi connectivity index (χ1) is 11.3. The van der Waals surface area contributed by atoms with Crippen LogP contribution in [0.2, 0.25) is 0 Å². The highest BCUT2D eigenvalue weighted by Gasteiger charge is 2.09. The molecule has 0 amide bonds. The summed E-state index contributed by atoms with van der Waals surface area (Å²) in [5, 5.41) is 0. The molecule has 3 aromatic rings. The van der Waals surface area contributed by atoms with Crippen LogP contribution in [0.15, 0.2) is 66.7 Å². The van der Waals surface area contributed by atoms with Crippen molar-refractivity contribution in [2.75, 3.05) is 7.11 Å². The second kappa shape index (κ2) is 6.97. The third-order valence-corrected chi connectivity index (χ3v) is 3.60. The molecule has 1 heterocycles. The van der Waals surface area contributed by atoms with Gasteiger partial charge in [-0.05, 0) is 48.9 Å². The second-order valence-corrected chi connectivity index (χ2v) is 5.30. The minimum Gasteiger partial charge on any atom is -0.497 e. The van der Waals surface area contributed by atoms with Crippen LogP contribution in [-0.2, 0) is 6.61 Å². The van der Waals surface area contributed by atoms with Crippen molar-refractivity contribution in [1.82, 2.24) is 4.98 Å². The number of aryl methyl sites for hydroxylation is 1. The number of nitrogens with zero attached hydrogens (tertiary/aromatic N) is 1. The maximum Gasteiger partial charge on any atom is 0.146 e. The highest BCUT2D eigenvalue weighted by molar-refractivity contribution is 5.67. The molecule has 0 unspecified atom stereocenters. The van der Waals surface area contributed by atoms with E-state index in [0.29, 0.717) is 6.61 Å². The van der Waals surface area contributed by atoms with Crippen LogP contribution in [-0.4, -0.2) is 12.1 Å². The molecule has 0 fully saturated rings. The third-order valence-electron chi connectivity index (χ3n) is 3.60. The Hall–Kier alpha value is -2.81. The maximum absolute atomic E-state index is 6.00. The van der Waals surface area contributed by atoms with Crippen LogP contribution in [0.25, 0.3) is 11.3 Å². The number of rotatable bonds is 5. The first kappa shape index (κ1) is 15.1. The summed E-state index contributed by atoms with van der Waals surface area (Å²) in [6, 6.07) is 21.9. The zero-order chi connectivity index (χ0) is 16.1. The van der Waals surface area contributed by atoms with Crippen molar-refractivity contribution < 1.29 is 9.47 Å². The number of methoxy groups -OCH3 is 1. The molecule has 0 radical (unpaired) electrons. The zero-order valence-electron chi connectivity index (χ0n) is 13.3. The number of pyridine rings is 1. The molecule has 23 heavy (non-hydrogen) atoms. The summed E-state index contributed by atoms with van der Waals surface area (Å²) in [6.45, 7) is 2.50. The van der Waals surface area contributed by atoms with Crippen molar-refractivity contribution in [3.8, 4) is 22.8 Å². The van der Waals surface area contributed by atoms with E-state index < -0.39 is 0 Å². The Morgan fingerprint density at radius 2 is 1.61 bits per heavy atom. The predicted octanol–water partition coefficient (Wildman–Crippen LogP) is 4.64. The summed E-state index contributed by atoms with van der Waals surface area (Å²) in [6.07, 6.45) is 0. The average molecular weight is 305 g/mol. The molecule has 0 aliphatic carbocycles. The van der Waals surface area contributed by atoms with Gasteiger partial charge in [0.2, 0.25) is 0 Å². The standard InChI is InChI=1S/C20H19NO2/c1-15-8-13-19(23-14-16-6-4-3-5-7-16)20(21-15)17-9-11-18(22-2)12-10-17/h3-13H,14H2,1-2H3. The predicted molar refractivity (Wildman–Crippen MR) is 91.7 cm³/mol. The van der Waals surface area contributed by atoms with Gasteiger partial charge in [0.25, 0.3) is 0 Å². The molecule has 1 aromatic heterocycles. The lowest BCUT2D eigenvalue weighted by Crippen LogP contribution is -1.99. The molecule has 0 spiro atoms. The van der Waals surface area contributed by atoms with Crippen molar-refractivity contribution in [1.29, 1.82) is 0 Å². The van der Waals surface area contributed by atoms with E-state index in [9.17, 15) is 0 Å². The summed E-state index contributed by atoms with van der Waals surface area (Å²) in [7, 11) is 1.66. The van der Waals surface area contributed by atoms with Gasteiger partial charge in [0, 0.05) is 11.3 Å². The average Bonchev–Trinajstić information content (AvgIpc) is 2.61. The Bertz CT molecular complexity index is 767. The second-order valence-electron chi connectivity index (χ2n) is 5.30. The van der Waals surface area contributed by atoms with Gasteiger partial charge in [-0.15, -0.1) is 0 Å². The van der Waals surface area contributed by atoms with Gasteiger partial charge in [-0.2, -0.15) is 0 Å². The SMILES string of the molecule is COc1ccc(-c2nc(C)ccc2OCc2ccccc2)cc1. The fourth-order valence-electron chi connectivity index (χ4n) is 2.35. The Kier molecular flexibility index (Phi) is 4.57. The topological polar surface area (TPSA) is 31.4 Å². The van der Waals surface area contributed by atoms with E-state index >= 15 is 0 Å². The largest absolute Gasteiger partial charge is 0.497 e. The number of hydrogen-bond acceptors (Lipinski definition) is 3. The lowest BCUT2D eigenvalue weighted by atomic mass is 10.1. The highest BCUT2D eigenvalue weighted by Crippen LogP contribution is 2.30. The quantitative estimate of drug-likeness (QED) is 0.688. The van der Waals surface area contributed by atoms with E-state index in [1.165, 1.54) is 0 Å². The van der Waals surface area contributed by atoms with Crippen LogP contribution < -0.4 is 9.47 Å². The first-order valence-electron chi connectivity index (χ1n) is 7.55. The lowest BCUT2D eigenvalue weighted by Gasteiger charge is -2.12. The lowest BCUT2D eigenvalue weighted by molar-refractivity contribution is 0.306. The molecular weight excluding hydrogens is 286 g/mol. The summed E-state index contributed by atoms with van der Waals surface area (Å²) in [4.78, 5) is 4.65. The van der Waals surface area contributed by atoms with Crippen LogP contribution >= 0.6 is 0 Å². The summed E-state index contributed by atoms with van der Waals surface area (Å²) < 4.78 is 11.2. The number of aromatic nitrogens is 1. The van der Waals surface area contributed by atoms with Crippen molar-refractivity contribution in [2.45, 2.75) is 13.5 Å². The molecule has 0 saturated carbocycles. The molecule has 0 aliphatic heterocycles. The monoisotopic (exact) mass is 305 g/mol. The summed E-state index contributed by atoms with van der Waals surface area (Å²) >= 11 is 0. The van der Waals surface area contributed by atoms with E-state index in [1.54, 1.807) is 7.11 Å². The highest BCUT2D eigenvalue weighted by atomic mass is 16.5. The number of ether oxygens (including phenoxy) is 2. The van der Waals surface area contributed by atoms with Crippen LogP contribution in [0.3, 0.4) is 0 Å². The molecule has 0 bridgehead atoms. The van der Waals surface area contributed by atoms with E-state index in [1.807, 2.05) is 61.5 Å². The summed E-state index contributed by atoms with van der Waals surface area (Å²) in [5.41, 5.74) is 3.96. The van der Waals surface area contributed by atoms with Crippen LogP contribution in [0, 0.1) is 6.92 Å². The minimum absolute atomic E-state index is 0.523. The van der Waals surface area contributed by atoms with E-state index in [-0.39, 0.29) is 0 Å². The Balaban J connectivity index is 1.88. The van der Waals surface area contributed by atoms with Gasteiger partial charge < -0.3 is 9.47 Å². The smallest absolute Gasteiger partial charge is 0.146 e. The molecule has 116 valence electrons. The zero-order valence-corrected chi connectivity index (χ0v) is 13.3. The molecule has 3 nitrogen and oxygen atoms in total. The van der Waals surface area contributed by atoms with Crippen molar-refractivity contribution in [3.63, 3.8) is 0 Å². The first-order valence-corrected chi connectivity index (χ1v) is 7.55. The fourth-order valence-corrected chi connectivity index (χ4v) is 2.35.